The molecule has 6 aromatic rings. The van der Waals surface area contributed by atoms with Gasteiger partial charge in [-0.15, -0.1) is 0 Å². The highest BCUT2D eigenvalue weighted by Gasteiger charge is 2.38. The van der Waals surface area contributed by atoms with Crippen molar-refractivity contribution in [2.75, 3.05) is 37.8 Å². The molecule has 47 heavy (non-hydrogen) atoms. The summed E-state index contributed by atoms with van der Waals surface area (Å²) < 4.78 is 2.50. The normalized spacial score (nSPS) is 16.2. The van der Waals surface area contributed by atoms with E-state index in [1.165, 1.54) is 27.3 Å². The number of nitrogens with two attached hydrogens (primary N) is 1. The number of hydrogen-bond donors (Lipinski definition) is 2. The van der Waals surface area contributed by atoms with Gasteiger partial charge in [-0.25, -0.2) is 14.7 Å². The number of nitrogens with zero attached hydrogens (tertiary/aromatic N) is 4. The second-order valence-corrected chi connectivity index (χ2v) is 12.9. The van der Waals surface area contributed by atoms with Crippen molar-refractivity contribution in [1.29, 1.82) is 5.26 Å². The zero-order valence-corrected chi connectivity index (χ0v) is 26.1. The molecular weight excluding hydrogens is 578 g/mol. The van der Waals surface area contributed by atoms with Gasteiger partial charge in [-0.05, 0) is 33.4 Å². The number of nitrogen functional groups attached to an aromatic ring is 1. The summed E-state index contributed by atoms with van der Waals surface area (Å²) >= 11 is 0. The molecule has 2 aliphatic heterocycles. The maximum Gasteiger partial charge on any atom is 0.270 e. The Morgan fingerprint density at radius 1 is 0.809 bits per heavy atom. The molecule has 0 saturated heterocycles. The fraction of sp³-hybridized carbons (Fsp3) is 0.146. The third kappa shape index (κ3) is 3.45. The van der Waals surface area contributed by atoms with E-state index in [2.05, 4.69) is 62.9 Å². The monoisotopic (exact) mass is 608 g/mol. The van der Waals surface area contributed by atoms with Crippen LogP contribution in [-0.4, -0.2) is 32.3 Å². The molecule has 0 amide bonds. The summed E-state index contributed by atoms with van der Waals surface area (Å²) in [5.74, 6) is 0.0841. The number of hydrogen-bond acceptors (Lipinski definition) is 4. The van der Waals surface area contributed by atoms with Gasteiger partial charge in [-0.2, -0.15) is 0 Å². The molecule has 2 heterocycles. The first-order valence-electron chi connectivity index (χ1n) is 15.9. The largest absolute Gasteiger partial charge is 0.507 e. The van der Waals surface area contributed by atoms with Gasteiger partial charge in [-0.1, -0.05) is 72.8 Å². The lowest BCUT2D eigenvalue weighted by atomic mass is 9.73. The number of nitriles is 1. The molecule has 0 fully saturated rings. The van der Waals surface area contributed by atoms with Gasteiger partial charge in [-0.3, -0.25) is 0 Å². The molecule has 0 saturated carbocycles. The SMILES string of the molecule is [C-]#[N+]/C(C#N)=C1/C(c2c3ccccc3c(N(C)C)c3cccc(N)c23)=C(O)C1=c1c2cccc3c2c2c4c(cccc14)CC[N+]=2CC3. The predicted molar refractivity (Wildman–Crippen MR) is 191 cm³/mol. The van der Waals surface area contributed by atoms with E-state index in [1.807, 2.05) is 50.5 Å². The number of rotatable bonds is 2. The molecule has 1 aliphatic carbocycles. The first kappa shape index (κ1) is 27.2. The van der Waals surface area contributed by atoms with Crippen LogP contribution < -0.4 is 25.8 Å². The number of benzene rings is 6. The lowest BCUT2D eigenvalue weighted by molar-refractivity contribution is 0.434. The third-order valence-corrected chi connectivity index (χ3v) is 10.4. The molecule has 0 spiro atoms. The summed E-state index contributed by atoms with van der Waals surface area (Å²) in [7, 11) is 4.03. The predicted octanol–water partition coefficient (Wildman–Crippen LogP) is 6.38. The van der Waals surface area contributed by atoms with Gasteiger partial charge in [0, 0.05) is 76.3 Å². The van der Waals surface area contributed by atoms with E-state index in [1.54, 1.807) is 0 Å². The maximum absolute atomic E-state index is 12.5. The first-order chi connectivity index (χ1) is 22.9. The second kappa shape index (κ2) is 9.69. The molecule has 6 aromatic carbocycles. The number of anilines is 2. The van der Waals surface area contributed by atoms with Crippen molar-refractivity contribution in [3.63, 3.8) is 0 Å². The average Bonchev–Trinajstić information content (AvgIpc) is 3.09. The maximum atomic E-state index is 12.5. The number of allylic oxidation sites excluding steroid dienone is 3. The van der Waals surface area contributed by atoms with Crippen molar-refractivity contribution in [2.24, 2.45) is 0 Å². The smallest absolute Gasteiger partial charge is 0.270 e. The van der Waals surface area contributed by atoms with E-state index in [0.717, 1.165) is 74.7 Å². The zero-order chi connectivity index (χ0) is 32.1. The van der Waals surface area contributed by atoms with Crippen LogP contribution in [0, 0.1) is 17.9 Å². The second-order valence-electron chi connectivity index (χ2n) is 12.9. The summed E-state index contributed by atoms with van der Waals surface area (Å²) in [6, 6.07) is 29.0. The van der Waals surface area contributed by atoms with Crippen LogP contribution in [0.5, 0.6) is 0 Å². The van der Waals surface area contributed by atoms with Crippen LogP contribution in [0.4, 0.5) is 11.4 Å². The Morgan fingerprint density at radius 2 is 1.40 bits per heavy atom. The van der Waals surface area contributed by atoms with E-state index in [9.17, 15) is 10.4 Å². The zero-order valence-electron chi connectivity index (χ0n) is 26.1. The van der Waals surface area contributed by atoms with Gasteiger partial charge in [0.2, 0.25) is 5.36 Å². The van der Waals surface area contributed by atoms with Crippen LogP contribution in [0.2, 0.25) is 0 Å². The van der Waals surface area contributed by atoms with Gasteiger partial charge in [0.15, 0.2) is 0 Å². The molecule has 9 rings (SSSR count). The fourth-order valence-corrected chi connectivity index (χ4v) is 8.55. The highest BCUT2D eigenvalue weighted by molar-refractivity contribution is 6.28. The molecule has 224 valence electrons. The Hall–Kier alpha value is -6.11. The van der Waals surface area contributed by atoms with Crippen LogP contribution in [0.15, 0.2) is 95.9 Å². The topological polar surface area (TPSA) is 80.7 Å². The number of aliphatic hydroxyl groups excluding tert-OH is 1. The van der Waals surface area contributed by atoms with E-state index in [-0.39, 0.29) is 11.5 Å². The number of fused-ring (bicyclic) bond motifs is 2. The molecule has 6 nitrogen and oxygen atoms in total. The minimum absolute atomic E-state index is 0.0466. The fourth-order valence-electron chi connectivity index (χ4n) is 8.55. The lowest BCUT2D eigenvalue weighted by Gasteiger charge is -2.32. The van der Waals surface area contributed by atoms with Gasteiger partial charge in [0.25, 0.3) is 5.70 Å². The van der Waals surface area contributed by atoms with Crippen LogP contribution in [0.1, 0.15) is 16.7 Å². The van der Waals surface area contributed by atoms with Crippen molar-refractivity contribution in [1.82, 2.24) is 4.58 Å². The molecule has 3 aliphatic rings. The summed E-state index contributed by atoms with van der Waals surface area (Å²) in [5, 5.41) is 33.2. The van der Waals surface area contributed by atoms with Crippen molar-refractivity contribution in [2.45, 2.75) is 12.8 Å². The Kier molecular flexibility index (Phi) is 5.61. The van der Waals surface area contributed by atoms with E-state index in [0.29, 0.717) is 22.4 Å². The quantitative estimate of drug-likeness (QED) is 0.0786. The van der Waals surface area contributed by atoms with Crippen molar-refractivity contribution in [3.8, 4) is 6.07 Å². The summed E-state index contributed by atoms with van der Waals surface area (Å²) in [6.45, 7) is 10.1. The molecule has 0 atom stereocenters. The Morgan fingerprint density at radius 3 is 2.02 bits per heavy atom. The highest BCUT2D eigenvalue weighted by atomic mass is 16.3. The van der Waals surface area contributed by atoms with Gasteiger partial charge < -0.3 is 15.7 Å². The first-order valence-corrected chi connectivity index (χ1v) is 15.9. The molecule has 0 bridgehead atoms. The van der Waals surface area contributed by atoms with Crippen molar-refractivity contribution >= 4 is 65.6 Å². The molecular formula is C41H30N5O+. The van der Waals surface area contributed by atoms with E-state index in [4.69, 9.17) is 12.3 Å². The highest BCUT2D eigenvalue weighted by Crippen LogP contribution is 2.53. The van der Waals surface area contributed by atoms with E-state index < -0.39 is 0 Å². The molecule has 0 aromatic heterocycles. The Bertz CT molecular complexity index is 2660. The van der Waals surface area contributed by atoms with Crippen molar-refractivity contribution < 1.29 is 5.11 Å². The van der Waals surface area contributed by atoms with Gasteiger partial charge in [0.1, 0.15) is 18.8 Å². The van der Waals surface area contributed by atoms with Crippen LogP contribution in [0.3, 0.4) is 0 Å². The molecule has 6 heteroatoms. The Labute approximate surface area is 271 Å². The minimum atomic E-state index is -0.0466. The average molecular weight is 609 g/mol. The third-order valence-electron chi connectivity index (χ3n) is 10.4. The minimum Gasteiger partial charge on any atom is -0.507 e. The van der Waals surface area contributed by atoms with Crippen LogP contribution in [-0.2, 0) is 12.8 Å². The molecule has 0 unspecified atom stereocenters. The summed E-state index contributed by atoms with van der Waals surface area (Å²) in [4.78, 5) is 5.85. The number of aliphatic hydroxyl groups is 1. The van der Waals surface area contributed by atoms with Gasteiger partial charge in [0.05, 0.1) is 29.1 Å². The van der Waals surface area contributed by atoms with Gasteiger partial charge >= 0.3 is 0 Å². The molecule has 3 N–H and O–H groups in total. The lowest BCUT2D eigenvalue weighted by Crippen LogP contribution is -2.42. The summed E-state index contributed by atoms with van der Waals surface area (Å²) in [6.07, 6.45) is 1.90. The molecule has 0 radical (unpaired) electrons. The van der Waals surface area contributed by atoms with E-state index >= 15 is 0 Å². The van der Waals surface area contributed by atoms with Crippen molar-refractivity contribution in [3.05, 3.63) is 135 Å². The summed E-state index contributed by atoms with van der Waals surface area (Å²) in [5.41, 5.74) is 13.2. The standard InChI is InChI=1S/C41H29N5O/c1-44-30(21-42)36-37(33-26-13-6-9-22-17-19-46-20-18-23-10-7-14-27(33)32(23)40(46)31(22)26)41(47)38(36)35-24-11-4-5-12-25(24)39(45(2)3)28-15-8-16-29(43)34(28)35/h4-16H,17-20,43H2,2-3H3/p+1/b36-30+. The van der Waals surface area contributed by atoms with Crippen LogP contribution >= 0.6 is 0 Å². The van der Waals surface area contributed by atoms with Crippen LogP contribution in [0.25, 0.3) is 59.1 Å². The Balaban J connectivity index is 1.55.